The van der Waals surface area contributed by atoms with Crippen LogP contribution in [0.5, 0.6) is 0 Å². The predicted molar refractivity (Wildman–Crippen MR) is 108 cm³/mol. The summed E-state index contributed by atoms with van der Waals surface area (Å²) in [5, 5.41) is 0. The van der Waals surface area contributed by atoms with Crippen LogP contribution in [0.15, 0.2) is 30.3 Å². The summed E-state index contributed by atoms with van der Waals surface area (Å²) in [5.41, 5.74) is 1.46. The fraction of sp³-hybridized carbons (Fsp3) is 0.739. The van der Waals surface area contributed by atoms with E-state index >= 15 is 0 Å². The van der Waals surface area contributed by atoms with Crippen LogP contribution in [-0.4, -0.2) is 24.6 Å². The first kappa shape index (κ1) is 21.2. The van der Waals surface area contributed by atoms with Gasteiger partial charge in [0, 0.05) is 5.56 Å². The summed E-state index contributed by atoms with van der Waals surface area (Å²) >= 11 is 0. The Kier molecular flexibility index (Phi) is 11.1. The molecule has 1 aromatic carbocycles. The minimum Gasteiger partial charge on any atom is -0.323 e. The third-order valence-corrected chi connectivity index (χ3v) is 5.60. The average Bonchev–Trinajstić information content (AvgIpc) is 2.57. The van der Waals surface area contributed by atoms with Crippen molar-refractivity contribution in [1.29, 1.82) is 0 Å². The van der Waals surface area contributed by atoms with Gasteiger partial charge in [0.15, 0.2) is 0 Å². The second kappa shape index (κ2) is 12.5. The van der Waals surface area contributed by atoms with Gasteiger partial charge in [0.25, 0.3) is 0 Å². The molecule has 0 spiro atoms. The maximum atomic E-state index is 2.43. The van der Waals surface area contributed by atoms with Gasteiger partial charge in [-0.3, -0.25) is 0 Å². The lowest BCUT2D eigenvalue weighted by molar-refractivity contribution is -0.926. The van der Waals surface area contributed by atoms with Crippen LogP contribution in [0.2, 0.25) is 0 Å². The van der Waals surface area contributed by atoms with E-state index in [2.05, 4.69) is 58.3 Å². The summed E-state index contributed by atoms with van der Waals surface area (Å²) in [6.45, 7) is 5.86. The van der Waals surface area contributed by atoms with E-state index in [0.29, 0.717) is 0 Å². The lowest BCUT2D eigenvalue weighted by atomic mass is 10.0. The van der Waals surface area contributed by atoms with Crippen molar-refractivity contribution >= 4 is 0 Å². The fourth-order valence-electron chi connectivity index (χ4n) is 3.49. The van der Waals surface area contributed by atoms with Crippen LogP contribution < -0.4 is 0 Å². The number of hydrogen-bond donors (Lipinski definition) is 0. The Balaban J connectivity index is 2.07. The maximum absolute atomic E-state index is 2.43. The smallest absolute Gasteiger partial charge is 0.104 e. The van der Waals surface area contributed by atoms with Gasteiger partial charge in [-0.2, -0.15) is 0 Å². The van der Waals surface area contributed by atoms with Crippen LogP contribution in [-0.2, 0) is 6.54 Å². The average molecular weight is 333 g/mol. The molecule has 0 heterocycles. The quantitative estimate of drug-likeness (QED) is 0.255. The predicted octanol–water partition coefficient (Wildman–Crippen LogP) is 6.96. The maximum Gasteiger partial charge on any atom is 0.104 e. The molecule has 24 heavy (non-hydrogen) atoms. The summed E-state index contributed by atoms with van der Waals surface area (Å²) in [4.78, 5) is 0. The molecule has 0 fully saturated rings. The zero-order valence-corrected chi connectivity index (χ0v) is 16.9. The van der Waals surface area contributed by atoms with E-state index in [1.54, 1.807) is 0 Å². The van der Waals surface area contributed by atoms with E-state index < -0.39 is 0 Å². The second-order valence-corrected chi connectivity index (χ2v) is 8.24. The Morgan fingerprint density at radius 3 is 1.79 bits per heavy atom. The van der Waals surface area contributed by atoms with Gasteiger partial charge in [0.1, 0.15) is 6.54 Å². The van der Waals surface area contributed by atoms with Crippen LogP contribution in [0.4, 0.5) is 0 Å². The second-order valence-electron chi connectivity index (χ2n) is 8.24. The van der Waals surface area contributed by atoms with Gasteiger partial charge >= 0.3 is 0 Å². The van der Waals surface area contributed by atoms with E-state index in [9.17, 15) is 0 Å². The molecule has 0 N–H and O–H groups in total. The van der Waals surface area contributed by atoms with Gasteiger partial charge in [-0.15, -0.1) is 0 Å². The van der Waals surface area contributed by atoms with Crippen LogP contribution in [0, 0.1) is 0 Å². The van der Waals surface area contributed by atoms with Crippen molar-refractivity contribution in [3.8, 4) is 0 Å². The number of rotatable bonds is 14. The molecule has 1 nitrogen and oxygen atoms in total. The molecule has 0 aromatic heterocycles. The lowest BCUT2D eigenvalue weighted by Gasteiger charge is -2.36. The van der Waals surface area contributed by atoms with Crippen molar-refractivity contribution < 1.29 is 4.48 Å². The van der Waals surface area contributed by atoms with Gasteiger partial charge in [-0.05, 0) is 19.8 Å². The summed E-state index contributed by atoms with van der Waals surface area (Å²) in [7, 11) is 4.77. The molecule has 0 unspecified atom stereocenters. The summed E-state index contributed by atoms with van der Waals surface area (Å²) in [6.07, 6.45) is 15.7. The van der Waals surface area contributed by atoms with E-state index in [-0.39, 0.29) is 0 Å². The highest BCUT2D eigenvalue weighted by Crippen LogP contribution is 2.19. The highest BCUT2D eigenvalue weighted by atomic mass is 15.3. The molecule has 0 aliphatic carbocycles. The summed E-state index contributed by atoms with van der Waals surface area (Å²) < 4.78 is 1.10. The topological polar surface area (TPSA) is 0 Å². The van der Waals surface area contributed by atoms with Crippen molar-refractivity contribution in [2.75, 3.05) is 14.1 Å². The highest BCUT2D eigenvalue weighted by molar-refractivity contribution is 5.13. The van der Waals surface area contributed by atoms with E-state index in [4.69, 9.17) is 0 Å². The minimum absolute atomic E-state index is 0.735. The SMILES string of the molecule is CCCCCCCCCCCC[C@@H](C)[N+](C)(C)Cc1ccccc1. The van der Waals surface area contributed by atoms with Crippen molar-refractivity contribution in [3.63, 3.8) is 0 Å². The number of quaternary nitrogens is 1. The Morgan fingerprint density at radius 1 is 0.750 bits per heavy atom. The Labute approximate surface area is 152 Å². The third-order valence-electron chi connectivity index (χ3n) is 5.60. The van der Waals surface area contributed by atoms with E-state index in [1.165, 1.54) is 76.2 Å². The highest BCUT2D eigenvalue weighted by Gasteiger charge is 2.23. The van der Waals surface area contributed by atoms with Crippen molar-refractivity contribution in [1.82, 2.24) is 0 Å². The zero-order chi connectivity index (χ0) is 17.7. The summed E-state index contributed by atoms with van der Waals surface area (Å²) in [6, 6.07) is 11.7. The molecule has 0 aliphatic rings. The molecule has 138 valence electrons. The van der Waals surface area contributed by atoms with Crippen molar-refractivity contribution in [3.05, 3.63) is 35.9 Å². The van der Waals surface area contributed by atoms with E-state index in [0.717, 1.165) is 17.1 Å². The fourth-order valence-corrected chi connectivity index (χ4v) is 3.49. The molecule has 0 bridgehead atoms. The van der Waals surface area contributed by atoms with Crippen molar-refractivity contribution in [2.24, 2.45) is 0 Å². The Hall–Kier alpha value is -0.820. The van der Waals surface area contributed by atoms with E-state index in [1.807, 2.05) is 0 Å². The molecule has 0 saturated heterocycles. The minimum atomic E-state index is 0.735. The lowest BCUT2D eigenvalue weighted by Crippen LogP contribution is -2.46. The zero-order valence-electron chi connectivity index (χ0n) is 16.9. The first-order valence-corrected chi connectivity index (χ1v) is 10.4. The third kappa shape index (κ3) is 9.47. The normalized spacial score (nSPS) is 13.2. The molecule has 1 rings (SSSR count). The largest absolute Gasteiger partial charge is 0.323 e. The molecule has 1 aromatic rings. The van der Waals surface area contributed by atoms with Crippen LogP contribution in [0.25, 0.3) is 0 Å². The van der Waals surface area contributed by atoms with Crippen molar-refractivity contribution in [2.45, 2.75) is 97.1 Å². The van der Waals surface area contributed by atoms with Gasteiger partial charge in [-0.25, -0.2) is 0 Å². The van der Waals surface area contributed by atoms with Gasteiger partial charge < -0.3 is 4.48 Å². The monoisotopic (exact) mass is 332 g/mol. The van der Waals surface area contributed by atoms with Crippen LogP contribution >= 0.6 is 0 Å². The standard InChI is InChI=1S/C23H42N/c1-5-6-7-8-9-10-11-12-13-15-18-22(2)24(3,4)21-23-19-16-14-17-20-23/h14,16-17,19-20,22H,5-13,15,18,21H2,1-4H3/q+1/t22-/m1/s1. The molecule has 1 atom stereocenters. The Bertz CT molecular complexity index is 396. The first-order valence-electron chi connectivity index (χ1n) is 10.4. The van der Waals surface area contributed by atoms with Gasteiger partial charge in [0.2, 0.25) is 0 Å². The molecular weight excluding hydrogens is 290 g/mol. The molecule has 0 aliphatic heterocycles. The number of hydrogen-bond acceptors (Lipinski definition) is 0. The molecule has 0 amide bonds. The van der Waals surface area contributed by atoms with Crippen LogP contribution in [0.1, 0.15) is 90.0 Å². The number of nitrogens with zero attached hydrogens (tertiary/aromatic N) is 1. The van der Waals surface area contributed by atoms with Gasteiger partial charge in [0.05, 0.1) is 20.1 Å². The Morgan fingerprint density at radius 2 is 1.25 bits per heavy atom. The molecule has 1 heteroatoms. The number of benzene rings is 1. The van der Waals surface area contributed by atoms with Gasteiger partial charge in [-0.1, -0.05) is 95.0 Å². The molecule has 0 radical (unpaired) electrons. The summed E-state index contributed by atoms with van der Waals surface area (Å²) in [5.74, 6) is 0. The number of unbranched alkanes of at least 4 members (excludes halogenated alkanes) is 9. The molecule has 0 saturated carbocycles. The first-order chi connectivity index (χ1) is 11.6. The van der Waals surface area contributed by atoms with Crippen LogP contribution in [0.3, 0.4) is 0 Å². The molecular formula is C23H42N+.